The number of amides is 2. The number of hydrogen-bond acceptors (Lipinski definition) is 9. The fourth-order valence-corrected chi connectivity index (χ4v) is 4.44. The van der Waals surface area contributed by atoms with E-state index in [9.17, 15) is 14.0 Å². The van der Waals surface area contributed by atoms with Gasteiger partial charge in [0.05, 0.1) is 37.5 Å². The lowest BCUT2D eigenvalue weighted by Gasteiger charge is -2.27. The molecule has 4 aromatic rings. The summed E-state index contributed by atoms with van der Waals surface area (Å²) < 4.78 is 38.1. The summed E-state index contributed by atoms with van der Waals surface area (Å²) in [5, 5.41) is 7.49. The molecule has 0 spiro atoms. The number of rotatable bonds is 10. The molecule has 0 aliphatic heterocycles. The average molecular weight is 593 g/mol. The number of methoxy groups -OCH3 is 2. The molecular formula is C30H33FN6O6. The van der Waals surface area contributed by atoms with Crippen molar-refractivity contribution in [1.82, 2.24) is 24.6 Å². The number of nitrogens with zero attached hydrogens (tertiary/aromatic N) is 5. The molecule has 13 heteroatoms. The Balaban J connectivity index is 1.24. The van der Waals surface area contributed by atoms with Crippen LogP contribution in [-0.2, 0) is 22.6 Å². The van der Waals surface area contributed by atoms with E-state index in [0.717, 1.165) is 12.8 Å². The SMILES string of the molecule is COc1cc2ncnc(Oc3cnn(CC(=O)Nc4cc(F)cc(CN(C(=O)OC(C)(C)C)C5CC5)c4)c3)c2cc1OC. The van der Waals surface area contributed by atoms with E-state index in [1.165, 1.54) is 43.6 Å². The largest absolute Gasteiger partial charge is 0.493 e. The van der Waals surface area contributed by atoms with Crippen LogP contribution >= 0.6 is 0 Å². The Morgan fingerprint density at radius 3 is 2.51 bits per heavy atom. The molecule has 0 radical (unpaired) electrons. The molecule has 1 aliphatic carbocycles. The third-order valence-corrected chi connectivity index (χ3v) is 6.44. The highest BCUT2D eigenvalue weighted by atomic mass is 19.1. The molecule has 12 nitrogen and oxygen atoms in total. The van der Waals surface area contributed by atoms with E-state index in [1.54, 1.807) is 50.1 Å². The number of anilines is 1. The van der Waals surface area contributed by atoms with Gasteiger partial charge in [0.1, 0.15) is 24.3 Å². The zero-order valence-electron chi connectivity index (χ0n) is 24.6. The van der Waals surface area contributed by atoms with Crippen LogP contribution in [0.1, 0.15) is 39.2 Å². The zero-order chi connectivity index (χ0) is 30.7. The Labute approximate surface area is 247 Å². The summed E-state index contributed by atoms with van der Waals surface area (Å²) >= 11 is 0. The van der Waals surface area contributed by atoms with Crippen molar-refractivity contribution in [2.45, 2.75) is 58.3 Å². The molecule has 0 bridgehead atoms. The van der Waals surface area contributed by atoms with Crippen LogP contribution < -0.4 is 19.5 Å². The third-order valence-electron chi connectivity index (χ3n) is 6.44. The summed E-state index contributed by atoms with van der Waals surface area (Å²) in [7, 11) is 3.07. The maximum Gasteiger partial charge on any atom is 0.410 e. The first kappa shape index (κ1) is 29.5. The van der Waals surface area contributed by atoms with Crippen molar-refractivity contribution in [3.63, 3.8) is 0 Å². The summed E-state index contributed by atoms with van der Waals surface area (Å²) in [6.07, 6.45) is 5.64. The lowest BCUT2D eigenvalue weighted by molar-refractivity contribution is -0.116. The fourth-order valence-electron chi connectivity index (χ4n) is 4.44. The molecule has 2 aromatic heterocycles. The Kier molecular flexibility index (Phi) is 8.33. The molecule has 226 valence electrons. The average Bonchev–Trinajstić information content (AvgIpc) is 3.69. The topological polar surface area (TPSA) is 130 Å². The van der Waals surface area contributed by atoms with Gasteiger partial charge in [-0.3, -0.25) is 9.48 Å². The normalized spacial score (nSPS) is 13.0. The minimum atomic E-state index is -0.646. The van der Waals surface area contributed by atoms with Gasteiger partial charge in [-0.1, -0.05) is 0 Å². The van der Waals surface area contributed by atoms with E-state index < -0.39 is 23.4 Å². The smallest absolute Gasteiger partial charge is 0.410 e. The molecule has 2 heterocycles. The Morgan fingerprint density at radius 1 is 1.07 bits per heavy atom. The van der Waals surface area contributed by atoms with E-state index >= 15 is 0 Å². The number of carbonyl (C=O) groups is 2. The molecule has 2 aromatic carbocycles. The van der Waals surface area contributed by atoms with Crippen LogP contribution in [0.25, 0.3) is 10.9 Å². The standard InChI is InChI=1S/C30H33FN6O6/c1-30(2,3)43-29(39)37(21-6-7-21)14-18-8-19(31)10-20(9-18)35-27(38)16-36-15-22(13-34-36)42-28-23-11-25(40-4)26(41-5)12-24(23)32-17-33-28/h8-13,15,17,21H,6-7,14,16H2,1-5H3,(H,35,38). The van der Waals surface area contributed by atoms with E-state index in [0.29, 0.717) is 33.7 Å². The molecular weight excluding hydrogens is 559 g/mol. The summed E-state index contributed by atoms with van der Waals surface area (Å²) in [4.78, 5) is 35.6. The van der Waals surface area contributed by atoms with Gasteiger partial charge in [0, 0.05) is 24.3 Å². The number of benzene rings is 2. The molecule has 43 heavy (non-hydrogen) atoms. The molecule has 1 saturated carbocycles. The number of halogens is 1. The zero-order valence-corrected chi connectivity index (χ0v) is 24.6. The van der Waals surface area contributed by atoms with Crippen molar-refractivity contribution < 1.29 is 32.9 Å². The predicted molar refractivity (Wildman–Crippen MR) is 155 cm³/mol. The maximum atomic E-state index is 14.5. The van der Waals surface area contributed by atoms with Crippen LogP contribution in [0.15, 0.2) is 49.1 Å². The van der Waals surface area contributed by atoms with Crippen LogP contribution in [0.4, 0.5) is 14.9 Å². The van der Waals surface area contributed by atoms with Crippen molar-refractivity contribution in [2.75, 3.05) is 19.5 Å². The van der Waals surface area contributed by atoms with E-state index in [2.05, 4.69) is 20.4 Å². The Morgan fingerprint density at radius 2 is 1.81 bits per heavy atom. The first-order valence-electron chi connectivity index (χ1n) is 13.7. The summed E-state index contributed by atoms with van der Waals surface area (Å²) in [6, 6.07) is 7.69. The van der Waals surface area contributed by atoms with Crippen molar-refractivity contribution in [1.29, 1.82) is 0 Å². The second-order valence-corrected chi connectivity index (χ2v) is 11.1. The molecule has 1 fully saturated rings. The molecule has 0 atom stereocenters. The lowest BCUT2D eigenvalue weighted by Crippen LogP contribution is -2.37. The summed E-state index contributed by atoms with van der Waals surface area (Å²) in [5.41, 5.74) is 0.747. The van der Waals surface area contributed by atoms with Crippen molar-refractivity contribution in [3.8, 4) is 23.1 Å². The van der Waals surface area contributed by atoms with Crippen LogP contribution in [0.3, 0.4) is 0 Å². The van der Waals surface area contributed by atoms with Crippen LogP contribution in [0.2, 0.25) is 0 Å². The summed E-state index contributed by atoms with van der Waals surface area (Å²) in [6.45, 7) is 5.40. The van der Waals surface area contributed by atoms with E-state index in [1.807, 2.05) is 0 Å². The highest BCUT2D eigenvalue weighted by Crippen LogP contribution is 2.36. The maximum absolute atomic E-state index is 14.5. The first-order valence-corrected chi connectivity index (χ1v) is 13.7. The van der Waals surface area contributed by atoms with Gasteiger partial charge in [-0.15, -0.1) is 0 Å². The number of aromatic nitrogens is 4. The van der Waals surface area contributed by atoms with E-state index in [4.69, 9.17) is 18.9 Å². The van der Waals surface area contributed by atoms with Gasteiger partial charge in [0.15, 0.2) is 17.2 Å². The molecule has 0 unspecified atom stereocenters. The predicted octanol–water partition coefficient (Wildman–Crippen LogP) is 5.31. The minimum absolute atomic E-state index is 0.0533. The second-order valence-electron chi connectivity index (χ2n) is 11.1. The molecule has 1 aliphatic rings. The second kappa shape index (κ2) is 12.1. The van der Waals surface area contributed by atoms with E-state index in [-0.39, 0.29) is 30.7 Å². The van der Waals surface area contributed by atoms with Gasteiger partial charge >= 0.3 is 6.09 Å². The van der Waals surface area contributed by atoms with Gasteiger partial charge in [0.25, 0.3) is 0 Å². The third kappa shape index (κ3) is 7.48. The highest BCUT2D eigenvalue weighted by Gasteiger charge is 2.35. The highest BCUT2D eigenvalue weighted by molar-refractivity contribution is 5.90. The molecule has 5 rings (SSSR count). The minimum Gasteiger partial charge on any atom is -0.493 e. The number of fused-ring (bicyclic) bond motifs is 1. The van der Waals surface area contributed by atoms with Crippen LogP contribution in [-0.4, -0.2) is 62.5 Å². The monoisotopic (exact) mass is 592 g/mol. The number of ether oxygens (including phenoxy) is 4. The molecule has 1 N–H and O–H groups in total. The van der Waals surface area contributed by atoms with Crippen molar-refractivity contribution in [2.24, 2.45) is 0 Å². The Hall–Kier alpha value is -4.94. The van der Waals surface area contributed by atoms with Gasteiger partial charge in [0.2, 0.25) is 11.8 Å². The van der Waals surface area contributed by atoms with Gasteiger partial charge < -0.3 is 29.2 Å². The Bertz CT molecular complexity index is 1650. The number of hydrogen-bond donors (Lipinski definition) is 1. The molecule has 2 amide bonds. The van der Waals surface area contributed by atoms with Gasteiger partial charge in [-0.05, 0) is 63.4 Å². The fraction of sp³-hybridized carbons (Fsp3) is 0.367. The number of carbonyl (C=O) groups excluding carboxylic acids is 2. The number of nitrogens with one attached hydrogen (secondary N) is 1. The van der Waals surface area contributed by atoms with Crippen LogP contribution in [0.5, 0.6) is 23.1 Å². The quantitative estimate of drug-likeness (QED) is 0.260. The van der Waals surface area contributed by atoms with Gasteiger partial charge in [-0.2, -0.15) is 5.10 Å². The summed E-state index contributed by atoms with van der Waals surface area (Å²) in [5.74, 6) is 0.669. The van der Waals surface area contributed by atoms with Gasteiger partial charge in [-0.25, -0.2) is 19.2 Å². The van der Waals surface area contributed by atoms with Crippen molar-refractivity contribution in [3.05, 3.63) is 60.4 Å². The van der Waals surface area contributed by atoms with Crippen LogP contribution in [0, 0.1) is 5.82 Å². The van der Waals surface area contributed by atoms with Crippen molar-refractivity contribution >= 4 is 28.6 Å². The molecule has 0 saturated heterocycles. The first-order chi connectivity index (χ1) is 20.5. The lowest BCUT2D eigenvalue weighted by atomic mass is 10.1.